The number of ether oxygens (including phenoxy) is 2. The van der Waals surface area contributed by atoms with E-state index in [1.807, 2.05) is 6.92 Å². The minimum Gasteiger partial charge on any atom is -0.494 e. The normalized spacial score (nSPS) is 11.3. The van der Waals surface area contributed by atoms with Crippen molar-refractivity contribution < 1.29 is 27.6 Å². The maximum absolute atomic E-state index is 13.0. The Morgan fingerprint density at radius 2 is 1.90 bits per heavy atom. The van der Waals surface area contributed by atoms with Gasteiger partial charge in [0.2, 0.25) is 0 Å². The van der Waals surface area contributed by atoms with Gasteiger partial charge in [0, 0.05) is 29.4 Å². The molecule has 0 spiro atoms. The van der Waals surface area contributed by atoms with E-state index in [1.54, 1.807) is 24.3 Å². The van der Waals surface area contributed by atoms with Gasteiger partial charge in [-0.15, -0.1) is 0 Å². The van der Waals surface area contributed by atoms with Crippen LogP contribution in [0.5, 0.6) is 5.75 Å². The summed E-state index contributed by atoms with van der Waals surface area (Å²) in [5.41, 5.74) is 0.367. The summed E-state index contributed by atoms with van der Waals surface area (Å²) in [6.07, 6.45) is 1.25. The average molecular weight is 433 g/mol. The second-order valence-corrected chi connectivity index (χ2v) is 7.87. The van der Waals surface area contributed by atoms with Crippen LogP contribution in [0.4, 0.5) is 11.4 Å². The molecule has 1 N–H and O–H groups in total. The highest BCUT2D eigenvalue weighted by atomic mass is 32.2. The fourth-order valence-electron chi connectivity index (χ4n) is 2.91. The summed E-state index contributed by atoms with van der Waals surface area (Å²) in [7, 11) is -2.90. The van der Waals surface area contributed by atoms with Crippen molar-refractivity contribution in [2.75, 3.05) is 18.4 Å². The largest absolute Gasteiger partial charge is 0.494 e. The number of aromatic nitrogens is 1. The summed E-state index contributed by atoms with van der Waals surface area (Å²) < 4.78 is 39.9. The predicted molar refractivity (Wildman–Crippen MR) is 109 cm³/mol. The molecule has 0 amide bonds. The van der Waals surface area contributed by atoms with Crippen molar-refractivity contribution in [2.45, 2.75) is 18.4 Å². The number of nitro benzene ring substituents is 1. The molecule has 0 fully saturated rings. The van der Waals surface area contributed by atoms with Crippen molar-refractivity contribution in [1.29, 1.82) is 0 Å². The van der Waals surface area contributed by atoms with Crippen LogP contribution in [0.15, 0.2) is 53.6 Å². The topological polar surface area (TPSA) is 130 Å². The number of sulfonamides is 1. The van der Waals surface area contributed by atoms with Gasteiger partial charge in [0.1, 0.15) is 17.2 Å². The Kier molecular flexibility index (Phi) is 5.92. The van der Waals surface area contributed by atoms with Crippen LogP contribution >= 0.6 is 0 Å². The zero-order chi connectivity index (χ0) is 21.9. The molecular weight excluding hydrogens is 414 g/mol. The van der Waals surface area contributed by atoms with Gasteiger partial charge in [-0.05, 0) is 37.3 Å². The maximum Gasteiger partial charge on any atom is 0.325 e. The molecule has 10 nitrogen and oxygen atoms in total. The van der Waals surface area contributed by atoms with Crippen molar-refractivity contribution in [2.24, 2.45) is 0 Å². The van der Waals surface area contributed by atoms with Gasteiger partial charge in [0.25, 0.3) is 15.7 Å². The van der Waals surface area contributed by atoms with Crippen LogP contribution in [0.3, 0.4) is 0 Å². The minimum atomic E-state index is -4.12. The molecule has 2 aromatic carbocycles. The number of non-ortho nitro benzene ring substituents is 1. The number of benzene rings is 2. The second-order valence-electron chi connectivity index (χ2n) is 6.22. The SMILES string of the molecule is CCOc1ccc(NS(=O)(=O)c2cn(CC(=O)OC)c3ccc([N+](=O)[O-])cc23)cc1. The summed E-state index contributed by atoms with van der Waals surface area (Å²) in [6.45, 7) is 2.06. The van der Waals surface area contributed by atoms with Gasteiger partial charge in [0.05, 0.1) is 24.2 Å². The number of fused-ring (bicyclic) bond motifs is 1. The molecular formula is C19H19N3O7S. The van der Waals surface area contributed by atoms with Crippen LogP contribution in [-0.4, -0.2) is 37.6 Å². The molecule has 0 aliphatic rings. The lowest BCUT2D eigenvalue weighted by Crippen LogP contribution is -2.13. The Bertz CT molecular complexity index is 1200. The van der Waals surface area contributed by atoms with E-state index < -0.39 is 20.9 Å². The van der Waals surface area contributed by atoms with Crippen LogP contribution in [0.1, 0.15) is 6.92 Å². The van der Waals surface area contributed by atoms with Gasteiger partial charge in [-0.1, -0.05) is 0 Å². The van der Waals surface area contributed by atoms with Crippen LogP contribution in [0, 0.1) is 10.1 Å². The average Bonchev–Trinajstić information content (AvgIpc) is 3.08. The first kappa shape index (κ1) is 21.1. The first-order valence-corrected chi connectivity index (χ1v) is 10.3. The van der Waals surface area contributed by atoms with Crippen molar-refractivity contribution in [1.82, 2.24) is 4.57 Å². The summed E-state index contributed by atoms with van der Waals surface area (Å²) in [4.78, 5) is 22.1. The highest BCUT2D eigenvalue weighted by Gasteiger charge is 2.24. The molecule has 0 unspecified atom stereocenters. The lowest BCUT2D eigenvalue weighted by molar-refractivity contribution is -0.384. The van der Waals surface area contributed by atoms with Crippen LogP contribution < -0.4 is 9.46 Å². The van der Waals surface area contributed by atoms with E-state index in [0.29, 0.717) is 17.9 Å². The highest BCUT2D eigenvalue weighted by molar-refractivity contribution is 7.93. The number of anilines is 1. The summed E-state index contributed by atoms with van der Waals surface area (Å²) in [6, 6.07) is 10.1. The standard InChI is InChI=1S/C19H19N3O7S/c1-3-29-15-7-4-13(5-8-15)20-30(26,27)18-11-21(12-19(23)28-2)17-9-6-14(22(24)25)10-16(17)18/h4-11,20H,3,12H2,1-2H3. The number of carbonyl (C=O) groups excluding carboxylic acids is 1. The Morgan fingerprint density at radius 1 is 1.20 bits per heavy atom. The molecule has 1 heterocycles. The first-order valence-electron chi connectivity index (χ1n) is 8.85. The quantitative estimate of drug-likeness (QED) is 0.328. The number of carbonyl (C=O) groups is 1. The van der Waals surface area contributed by atoms with Crippen LogP contribution in [-0.2, 0) is 26.1 Å². The third kappa shape index (κ3) is 4.35. The van der Waals surface area contributed by atoms with Crippen LogP contribution in [0.2, 0.25) is 0 Å². The van der Waals surface area contributed by atoms with E-state index in [4.69, 9.17) is 4.74 Å². The van der Waals surface area contributed by atoms with E-state index >= 15 is 0 Å². The molecule has 0 atom stereocenters. The maximum atomic E-state index is 13.0. The Labute approximate surface area is 172 Å². The molecule has 1 aromatic heterocycles. The van der Waals surface area contributed by atoms with E-state index in [0.717, 1.165) is 6.07 Å². The Hall–Kier alpha value is -3.60. The number of methoxy groups -OCH3 is 1. The van der Waals surface area contributed by atoms with E-state index in [-0.39, 0.29) is 28.2 Å². The third-order valence-corrected chi connectivity index (χ3v) is 5.68. The zero-order valence-electron chi connectivity index (χ0n) is 16.2. The Balaban J connectivity index is 2.06. The molecule has 158 valence electrons. The molecule has 0 bridgehead atoms. The monoisotopic (exact) mass is 433 g/mol. The lowest BCUT2D eigenvalue weighted by atomic mass is 10.2. The molecule has 0 radical (unpaired) electrons. The molecule has 3 rings (SSSR count). The molecule has 0 aliphatic heterocycles. The van der Waals surface area contributed by atoms with Gasteiger partial charge < -0.3 is 14.0 Å². The summed E-state index contributed by atoms with van der Waals surface area (Å²) in [5.74, 6) is -0.000531. The van der Waals surface area contributed by atoms with E-state index in [9.17, 15) is 23.3 Å². The van der Waals surface area contributed by atoms with Gasteiger partial charge in [-0.3, -0.25) is 19.6 Å². The van der Waals surface area contributed by atoms with Crippen molar-refractivity contribution in [3.63, 3.8) is 0 Å². The number of esters is 1. The summed E-state index contributed by atoms with van der Waals surface area (Å²) in [5, 5.41) is 11.3. The smallest absolute Gasteiger partial charge is 0.325 e. The van der Waals surface area contributed by atoms with Crippen molar-refractivity contribution in [3.8, 4) is 5.75 Å². The molecule has 11 heteroatoms. The minimum absolute atomic E-state index is 0.117. The van der Waals surface area contributed by atoms with Gasteiger partial charge in [0.15, 0.2) is 0 Å². The number of hydrogen-bond acceptors (Lipinski definition) is 7. The van der Waals surface area contributed by atoms with Crippen molar-refractivity contribution in [3.05, 3.63) is 58.8 Å². The molecule has 3 aromatic rings. The Morgan fingerprint density at radius 3 is 2.50 bits per heavy atom. The second kappa shape index (κ2) is 8.41. The van der Waals surface area contributed by atoms with E-state index in [1.165, 1.54) is 30.0 Å². The first-order chi connectivity index (χ1) is 14.2. The van der Waals surface area contributed by atoms with Gasteiger partial charge in [-0.2, -0.15) is 0 Å². The molecule has 30 heavy (non-hydrogen) atoms. The third-order valence-electron chi connectivity index (χ3n) is 4.27. The van der Waals surface area contributed by atoms with E-state index in [2.05, 4.69) is 9.46 Å². The van der Waals surface area contributed by atoms with Crippen LogP contribution in [0.25, 0.3) is 10.9 Å². The number of rotatable bonds is 8. The van der Waals surface area contributed by atoms with Gasteiger partial charge in [-0.25, -0.2) is 8.42 Å². The number of nitrogens with one attached hydrogen (secondary N) is 1. The number of nitrogens with zero attached hydrogens (tertiary/aromatic N) is 2. The molecule has 0 saturated heterocycles. The molecule has 0 aliphatic carbocycles. The summed E-state index contributed by atoms with van der Waals surface area (Å²) >= 11 is 0. The fraction of sp³-hybridized carbons (Fsp3) is 0.211. The fourth-order valence-corrected chi connectivity index (χ4v) is 4.19. The lowest BCUT2D eigenvalue weighted by Gasteiger charge is -2.08. The number of nitro groups is 1. The molecule has 0 saturated carbocycles. The van der Waals surface area contributed by atoms with Crippen molar-refractivity contribution >= 4 is 38.3 Å². The van der Waals surface area contributed by atoms with Gasteiger partial charge >= 0.3 is 5.97 Å². The predicted octanol–water partition coefficient (Wildman–Crippen LogP) is 2.92. The number of hydrogen-bond donors (Lipinski definition) is 1. The highest BCUT2D eigenvalue weighted by Crippen LogP contribution is 2.30. The zero-order valence-corrected chi connectivity index (χ0v) is 17.0.